The SMILES string of the molecule is CCCCCCCCCCOc1ccc(CCOc2ccccc2C(=O)O)nc1CCC(=O)O. The van der Waals surface area contributed by atoms with E-state index in [0.29, 0.717) is 36.6 Å². The number of carboxylic acid groups (broad SMARTS) is 2. The van der Waals surface area contributed by atoms with Crippen molar-refractivity contribution in [2.45, 2.75) is 77.6 Å². The fraction of sp³-hybridized carbons (Fsp3) is 0.519. The standard InChI is InChI=1S/C27H37NO6/c1-2-3-4-5-6-7-8-11-19-33-25-16-14-21(28-23(25)15-17-26(29)30)18-20-34-24-13-10-9-12-22(24)27(31)32/h9-10,12-14,16H,2-8,11,15,17-20H2,1H3,(H,29,30)(H,31,32). The quantitative estimate of drug-likeness (QED) is 0.259. The summed E-state index contributed by atoms with van der Waals surface area (Å²) in [5, 5.41) is 18.3. The fourth-order valence-corrected chi connectivity index (χ4v) is 3.66. The normalized spacial score (nSPS) is 10.7. The van der Waals surface area contributed by atoms with Crippen molar-refractivity contribution >= 4 is 11.9 Å². The van der Waals surface area contributed by atoms with Gasteiger partial charge in [-0.25, -0.2) is 4.79 Å². The molecule has 0 aliphatic heterocycles. The number of rotatable bonds is 18. The Labute approximate surface area is 202 Å². The molecule has 0 saturated heterocycles. The highest BCUT2D eigenvalue weighted by molar-refractivity contribution is 5.90. The molecule has 0 unspecified atom stereocenters. The monoisotopic (exact) mass is 471 g/mol. The number of aliphatic carboxylic acids is 1. The fourth-order valence-electron chi connectivity index (χ4n) is 3.66. The number of para-hydroxylation sites is 1. The first-order chi connectivity index (χ1) is 16.5. The molecule has 2 N–H and O–H groups in total. The topological polar surface area (TPSA) is 106 Å². The smallest absolute Gasteiger partial charge is 0.339 e. The zero-order chi connectivity index (χ0) is 24.6. The number of nitrogens with zero attached hydrogens (tertiary/aromatic N) is 1. The maximum atomic E-state index is 11.3. The van der Waals surface area contributed by atoms with E-state index in [1.54, 1.807) is 18.2 Å². The van der Waals surface area contributed by atoms with Crippen LogP contribution >= 0.6 is 0 Å². The molecular weight excluding hydrogens is 434 g/mol. The number of aromatic nitrogens is 1. The highest BCUT2D eigenvalue weighted by atomic mass is 16.5. The van der Waals surface area contributed by atoms with Crippen LogP contribution in [0.5, 0.6) is 11.5 Å². The lowest BCUT2D eigenvalue weighted by molar-refractivity contribution is -0.136. The van der Waals surface area contributed by atoms with Crippen LogP contribution in [0, 0.1) is 0 Å². The van der Waals surface area contributed by atoms with E-state index in [0.717, 1.165) is 18.5 Å². The molecule has 0 radical (unpaired) electrons. The lowest BCUT2D eigenvalue weighted by atomic mass is 10.1. The number of benzene rings is 1. The molecule has 2 rings (SSSR count). The summed E-state index contributed by atoms with van der Waals surface area (Å²) in [5.41, 5.74) is 1.49. The van der Waals surface area contributed by atoms with Gasteiger partial charge in [0, 0.05) is 18.5 Å². The second-order valence-corrected chi connectivity index (χ2v) is 8.36. The zero-order valence-electron chi connectivity index (χ0n) is 20.1. The van der Waals surface area contributed by atoms with Gasteiger partial charge in [0.15, 0.2) is 0 Å². The molecule has 7 heteroatoms. The third-order valence-corrected chi connectivity index (χ3v) is 5.55. The van der Waals surface area contributed by atoms with Crippen LogP contribution in [0.3, 0.4) is 0 Å². The van der Waals surface area contributed by atoms with Gasteiger partial charge in [-0.3, -0.25) is 9.78 Å². The van der Waals surface area contributed by atoms with Crippen molar-refractivity contribution in [3.8, 4) is 11.5 Å². The molecule has 34 heavy (non-hydrogen) atoms. The molecule has 0 aliphatic rings. The molecule has 0 atom stereocenters. The zero-order valence-corrected chi connectivity index (χ0v) is 20.1. The van der Waals surface area contributed by atoms with Gasteiger partial charge in [-0.15, -0.1) is 0 Å². The minimum Gasteiger partial charge on any atom is -0.492 e. The first-order valence-corrected chi connectivity index (χ1v) is 12.3. The number of carboxylic acids is 2. The highest BCUT2D eigenvalue weighted by Gasteiger charge is 2.12. The molecule has 2 aromatic rings. The van der Waals surface area contributed by atoms with Crippen LogP contribution in [0.4, 0.5) is 0 Å². The Morgan fingerprint density at radius 3 is 2.18 bits per heavy atom. The van der Waals surface area contributed by atoms with E-state index in [2.05, 4.69) is 11.9 Å². The van der Waals surface area contributed by atoms with Crippen LogP contribution in [-0.4, -0.2) is 40.3 Å². The summed E-state index contributed by atoms with van der Waals surface area (Å²) < 4.78 is 11.6. The summed E-state index contributed by atoms with van der Waals surface area (Å²) in [5.74, 6) is -0.978. The van der Waals surface area contributed by atoms with Gasteiger partial charge in [0.2, 0.25) is 0 Å². The van der Waals surface area contributed by atoms with Crippen molar-refractivity contribution in [2.24, 2.45) is 0 Å². The van der Waals surface area contributed by atoms with Crippen LogP contribution in [-0.2, 0) is 17.6 Å². The van der Waals surface area contributed by atoms with E-state index in [1.807, 2.05) is 12.1 Å². The van der Waals surface area contributed by atoms with Crippen LogP contribution in [0.25, 0.3) is 0 Å². The second-order valence-electron chi connectivity index (χ2n) is 8.36. The summed E-state index contributed by atoms with van der Waals surface area (Å²) in [6, 6.07) is 10.2. The van der Waals surface area contributed by atoms with E-state index in [1.165, 1.54) is 44.6 Å². The summed E-state index contributed by atoms with van der Waals surface area (Å²) >= 11 is 0. The van der Waals surface area contributed by atoms with Crippen molar-refractivity contribution in [3.63, 3.8) is 0 Å². The van der Waals surface area contributed by atoms with E-state index in [-0.39, 0.29) is 18.6 Å². The first kappa shape index (κ1) is 27.2. The summed E-state index contributed by atoms with van der Waals surface area (Å²) in [6.45, 7) is 3.07. The summed E-state index contributed by atoms with van der Waals surface area (Å²) in [6.07, 6.45) is 10.5. The maximum absolute atomic E-state index is 11.3. The second kappa shape index (κ2) is 15.7. The minimum atomic E-state index is -1.04. The van der Waals surface area contributed by atoms with Crippen molar-refractivity contribution in [1.29, 1.82) is 0 Å². The van der Waals surface area contributed by atoms with E-state index < -0.39 is 11.9 Å². The van der Waals surface area contributed by atoms with Gasteiger partial charge in [-0.2, -0.15) is 0 Å². The largest absolute Gasteiger partial charge is 0.492 e. The first-order valence-electron chi connectivity index (χ1n) is 12.3. The Hall–Kier alpha value is -3.09. The number of hydrogen-bond donors (Lipinski definition) is 2. The minimum absolute atomic E-state index is 0.0208. The average Bonchev–Trinajstić information content (AvgIpc) is 2.82. The van der Waals surface area contributed by atoms with Crippen LogP contribution < -0.4 is 9.47 Å². The van der Waals surface area contributed by atoms with E-state index in [4.69, 9.17) is 14.6 Å². The van der Waals surface area contributed by atoms with Gasteiger partial charge in [-0.1, -0.05) is 64.0 Å². The van der Waals surface area contributed by atoms with Gasteiger partial charge in [0.05, 0.1) is 25.3 Å². The Morgan fingerprint density at radius 1 is 0.794 bits per heavy atom. The molecule has 1 aromatic carbocycles. The number of pyridine rings is 1. The lowest BCUT2D eigenvalue weighted by Gasteiger charge is -2.13. The maximum Gasteiger partial charge on any atom is 0.339 e. The molecule has 186 valence electrons. The molecule has 0 spiro atoms. The molecular formula is C27H37NO6. The molecule has 0 saturated carbocycles. The number of hydrogen-bond acceptors (Lipinski definition) is 5. The van der Waals surface area contributed by atoms with Crippen molar-refractivity contribution < 1.29 is 29.3 Å². The van der Waals surface area contributed by atoms with E-state index >= 15 is 0 Å². The third-order valence-electron chi connectivity index (χ3n) is 5.55. The van der Waals surface area contributed by atoms with Crippen LogP contribution in [0.2, 0.25) is 0 Å². The van der Waals surface area contributed by atoms with Gasteiger partial charge in [0.25, 0.3) is 0 Å². The molecule has 0 aliphatic carbocycles. The Balaban J connectivity index is 1.86. The van der Waals surface area contributed by atoms with Gasteiger partial charge < -0.3 is 19.7 Å². The van der Waals surface area contributed by atoms with Crippen molar-refractivity contribution in [1.82, 2.24) is 4.98 Å². The lowest BCUT2D eigenvalue weighted by Crippen LogP contribution is -2.09. The van der Waals surface area contributed by atoms with Gasteiger partial charge in [-0.05, 0) is 30.7 Å². The number of carbonyl (C=O) groups is 2. The van der Waals surface area contributed by atoms with E-state index in [9.17, 15) is 14.7 Å². The molecule has 1 aromatic heterocycles. The molecule has 1 heterocycles. The summed E-state index contributed by atoms with van der Waals surface area (Å²) in [4.78, 5) is 27.0. The van der Waals surface area contributed by atoms with Crippen molar-refractivity contribution in [3.05, 3.63) is 53.3 Å². The number of aromatic carboxylic acids is 1. The van der Waals surface area contributed by atoms with Gasteiger partial charge >= 0.3 is 11.9 Å². The predicted molar refractivity (Wildman–Crippen MR) is 131 cm³/mol. The highest BCUT2D eigenvalue weighted by Crippen LogP contribution is 2.21. The van der Waals surface area contributed by atoms with Gasteiger partial charge in [0.1, 0.15) is 17.1 Å². The number of ether oxygens (including phenoxy) is 2. The summed E-state index contributed by atoms with van der Waals surface area (Å²) in [7, 11) is 0. The average molecular weight is 472 g/mol. The van der Waals surface area contributed by atoms with Crippen molar-refractivity contribution in [2.75, 3.05) is 13.2 Å². The number of aryl methyl sites for hydroxylation is 1. The molecule has 0 amide bonds. The van der Waals surface area contributed by atoms with Crippen LogP contribution in [0.1, 0.15) is 86.5 Å². The number of unbranched alkanes of at least 4 members (excludes halogenated alkanes) is 7. The Kier molecular flexibility index (Phi) is 12.5. The molecule has 0 fully saturated rings. The van der Waals surface area contributed by atoms with Crippen LogP contribution in [0.15, 0.2) is 36.4 Å². The Morgan fingerprint density at radius 2 is 1.47 bits per heavy atom. The third kappa shape index (κ3) is 10.2. The molecule has 7 nitrogen and oxygen atoms in total. The molecule has 0 bridgehead atoms. The Bertz CT molecular complexity index is 898. The predicted octanol–water partition coefficient (Wildman–Crippen LogP) is 5.94.